The van der Waals surface area contributed by atoms with Gasteiger partial charge in [0.1, 0.15) is 5.75 Å². The van der Waals surface area contributed by atoms with Crippen LogP contribution in [0.25, 0.3) is 0 Å². The molecule has 0 spiro atoms. The third-order valence-corrected chi connectivity index (χ3v) is 3.20. The number of hydrogen-bond acceptors (Lipinski definition) is 3. The Morgan fingerprint density at radius 2 is 2.25 bits per heavy atom. The van der Waals surface area contributed by atoms with E-state index in [1.54, 1.807) is 12.1 Å². The van der Waals surface area contributed by atoms with Gasteiger partial charge in [0.05, 0.1) is 0 Å². The standard InChI is InChI=1S/C11H8FIO3/c1-6(14)16-8-3-2-7-5-11(12,13)10(15)9(7)4-8/h2-4H,5H2,1H3. The molecule has 0 aliphatic heterocycles. The molecule has 84 valence electrons. The maximum atomic E-state index is 13.7. The molecule has 1 aromatic carbocycles. The van der Waals surface area contributed by atoms with Crippen LogP contribution in [0.3, 0.4) is 0 Å². The molecular weight excluding hydrogens is 326 g/mol. The molecular formula is C11H8FIO3. The highest BCUT2D eigenvalue weighted by molar-refractivity contribution is 14.1. The molecule has 3 nitrogen and oxygen atoms in total. The minimum atomic E-state index is -1.87. The number of fused-ring (bicyclic) bond motifs is 1. The molecule has 2 rings (SSSR count). The van der Waals surface area contributed by atoms with Crippen molar-refractivity contribution in [2.45, 2.75) is 17.0 Å². The molecule has 0 saturated heterocycles. The molecule has 0 N–H and O–H groups in total. The smallest absolute Gasteiger partial charge is 0.308 e. The van der Waals surface area contributed by atoms with Crippen molar-refractivity contribution in [3.63, 3.8) is 0 Å². The number of Topliss-reactive ketones (excluding diaryl/α,β-unsaturated/α-hetero) is 1. The second-order valence-electron chi connectivity index (χ2n) is 3.62. The van der Waals surface area contributed by atoms with Crippen LogP contribution in [0.4, 0.5) is 4.39 Å². The maximum Gasteiger partial charge on any atom is 0.308 e. The van der Waals surface area contributed by atoms with Gasteiger partial charge in [0.15, 0.2) is 0 Å². The molecule has 0 saturated carbocycles. The van der Waals surface area contributed by atoms with Crippen molar-refractivity contribution in [3.8, 4) is 5.75 Å². The summed E-state index contributed by atoms with van der Waals surface area (Å²) in [5.74, 6) is -0.753. The van der Waals surface area contributed by atoms with Gasteiger partial charge < -0.3 is 4.74 Å². The third kappa shape index (κ3) is 1.95. The van der Waals surface area contributed by atoms with Crippen LogP contribution >= 0.6 is 22.6 Å². The van der Waals surface area contributed by atoms with Gasteiger partial charge in [0, 0.05) is 18.9 Å². The number of alkyl halides is 2. The van der Waals surface area contributed by atoms with E-state index in [0.29, 0.717) is 11.1 Å². The predicted molar refractivity (Wildman–Crippen MR) is 63.6 cm³/mol. The summed E-state index contributed by atoms with van der Waals surface area (Å²) < 4.78 is 16.7. The zero-order valence-corrected chi connectivity index (χ0v) is 10.6. The van der Waals surface area contributed by atoms with Crippen molar-refractivity contribution in [1.29, 1.82) is 0 Å². The van der Waals surface area contributed by atoms with E-state index in [9.17, 15) is 14.0 Å². The summed E-state index contributed by atoms with van der Waals surface area (Å²) in [6.07, 6.45) is 0.0715. The first-order valence-corrected chi connectivity index (χ1v) is 5.72. The number of ether oxygens (including phenoxy) is 1. The second kappa shape index (κ2) is 3.80. The highest BCUT2D eigenvalue weighted by Crippen LogP contribution is 2.39. The lowest BCUT2D eigenvalue weighted by Crippen LogP contribution is -2.21. The number of esters is 1. The van der Waals surface area contributed by atoms with Gasteiger partial charge in [-0.2, -0.15) is 0 Å². The van der Waals surface area contributed by atoms with Crippen LogP contribution in [0.1, 0.15) is 22.8 Å². The second-order valence-corrected chi connectivity index (χ2v) is 5.33. The van der Waals surface area contributed by atoms with Crippen molar-refractivity contribution in [3.05, 3.63) is 29.3 Å². The van der Waals surface area contributed by atoms with Crippen molar-refractivity contribution in [1.82, 2.24) is 0 Å². The fraction of sp³-hybridized carbons (Fsp3) is 0.273. The van der Waals surface area contributed by atoms with Crippen LogP contribution in [0.15, 0.2) is 18.2 Å². The van der Waals surface area contributed by atoms with Crippen molar-refractivity contribution in [2.75, 3.05) is 0 Å². The van der Waals surface area contributed by atoms with Gasteiger partial charge in [-0.3, -0.25) is 9.59 Å². The normalized spacial score (nSPS) is 23.1. The fourth-order valence-corrected chi connectivity index (χ4v) is 2.37. The number of benzene rings is 1. The van der Waals surface area contributed by atoms with Gasteiger partial charge >= 0.3 is 5.97 Å². The van der Waals surface area contributed by atoms with Gasteiger partial charge in [-0.15, -0.1) is 0 Å². The van der Waals surface area contributed by atoms with Gasteiger partial charge in [0.25, 0.3) is 0 Å². The van der Waals surface area contributed by atoms with E-state index in [1.807, 2.05) is 0 Å². The Kier molecular flexibility index (Phi) is 2.73. The lowest BCUT2D eigenvalue weighted by molar-refractivity contribution is -0.131. The van der Waals surface area contributed by atoms with E-state index < -0.39 is 15.4 Å². The first-order valence-electron chi connectivity index (χ1n) is 4.64. The topological polar surface area (TPSA) is 43.4 Å². The van der Waals surface area contributed by atoms with Gasteiger partial charge in [-0.1, -0.05) is 6.07 Å². The lowest BCUT2D eigenvalue weighted by atomic mass is 10.1. The summed E-state index contributed by atoms with van der Waals surface area (Å²) in [5, 5.41) is 0. The van der Waals surface area contributed by atoms with Gasteiger partial charge in [-0.25, -0.2) is 4.39 Å². The third-order valence-electron chi connectivity index (χ3n) is 2.33. The molecule has 0 aromatic heterocycles. The minimum Gasteiger partial charge on any atom is -0.427 e. The largest absolute Gasteiger partial charge is 0.427 e. The first-order chi connectivity index (χ1) is 7.40. The molecule has 1 aliphatic carbocycles. The highest BCUT2D eigenvalue weighted by Gasteiger charge is 2.43. The van der Waals surface area contributed by atoms with Gasteiger partial charge in [0.2, 0.25) is 9.46 Å². The van der Waals surface area contributed by atoms with E-state index >= 15 is 0 Å². The Morgan fingerprint density at radius 1 is 1.56 bits per heavy atom. The highest BCUT2D eigenvalue weighted by atomic mass is 127. The van der Waals surface area contributed by atoms with E-state index in [2.05, 4.69) is 0 Å². The molecule has 1 aromatic rings. The van der Waals surface area contributed by atoms with E-state index in [4.69, 9.17) is 4.74 Å². The molecule has 0 bridgehead atoms. The summed E-state index contributed by atoms with van der Waals surface area (Å²) in [6, 6.07) is 4.59. The van der Waals surface area contributed by atoms with Crippen molar-refractivity contribution >= 4 is 34.3 Å². The monoisotopic (exact) mass is 334 g/mol. The average Bonchev–Trinajstić information content (AvgIpc) is 2.38. The van der Waals surface area contributed by atoms with Crippen LogP contribution in [0.5, 0.6) is 5.75 Å². The average molecular weight is 334 g/mol. The molecule has 1 unspecified atom stereocenters. The number of carbonyl (C=O) groups excluding carboxylic acids is 2. The number of halogens is 2. The SMILES string of the molecule is CC(=O)Oc1ccc2c(c1)C(=O)C(F)(I)C2. The van der Waals surface area contributed by atoms with Crippen LogP contribution in [0.2, 0.25) is 0 Å². The number of ketones is 1. The quantitative estimate of drug-likeness (QED) is 0.343. The number of carbonyl (C=O) groups is 2. The molecule has 16 heavy (non-hydrogen) atoms. The Balaban J connectivity index is 2.39. The fourth-order valence-electron chi connectivity index (χ4n) is 1.67. The molecule has 0 radical (unpaired) electrons. The van der Waals surface area contributed by atoms with Crippen LogP contribution in [-0.4, -0.2) is 15.4 Å². The van der Waals surface area contributed by atoms with E-state index in [-0.39, 0.29) is 12.2 Å². The van der Waals surface area contributed by atoms with Crippen molar-refractivity contribution in [2.24, 2.45) is 0 Å². The number of rotatable bonds is 1. The minimum absolute atomic E-state index is 0.0715. The molecule has 1 aliphatic rings. The Labute approximate surface area is 105 Å². The zero-order valence-electron chi connectivity index (χ0n) is 8.42. The molecule has 0 amide bonds. The summed E-state index contributed by atoms with van der Waals surface area (Å²) in [4.78, 5) is 22.4. The molecule has 1 atom stereocenters. The summed E-state index contributed by atoms with van der Waals surface area (Å²) in [5.41, 5.74) is 0.952. The van der Waals surface area contributed by atoms with Gasteiger partial charge in [-0.05, 0) is 40.3 Å². The molecule has 0 heterocycles. The summed E-state index contributed by atoms with van der Waals surface area (Å²) in [6.45, 7) is 1.27. The first kappa shape index (κ1) is 11.5. The Morgan fingerprint density at radius 3 is 2.88 bits per heavy atom. The Hall–Kier alpha value is -0.980. The van der Waals surface area contributed by atoms with Crippen LogP contribution < -0.4 is 4.74 Å². The van der Waals surface area contributed by atoms with Crippen LogP contribution in [0, 0.1) is 0 Å². The van der Waals surface area contributed by atoms with Crippen molar-refractivity contribution < 1.29 is 18.7 Å². The van der Waals surface area contributed by atoms with E-state index in [1.165, 1.54) is 35.6 Å². The summed E-state index contributed by atoms with van der Waals surface area (Å²) in [7, 11) is 0. The lowest BCUT2D eigenvalue weighted by Gasteiger charge is -2.05. The predicted octanol–water partition coefficient (Wildman–Crippen LogP) is 2.45. The number of hydrogen-bond donors (Lipinski definition) is 0. The molecule has 5 heteroatoms. The van der Waals surface area contributed by atoms with E-state index in [0.717, 1.165) is 0 Å². The Bertz CT molecular complexity index is 482. The zero-order chi connectivity index (χ0) is 11.9. The summed E-state index contributed by atoms with van der Waals surface area (Å²) >= 11 is 1.50. The molecule has 0 fully saturated rings. The van der Waals surface area contributed by atoms with Crippen LogP contribution in [-0.2, 0) is 11.2 Å². The maximum absolute atomic E-state index is 13.7.